The highest BCUT2D eigenvalue weighted by atomic mass is 79.9. The van der Waals surface area contributed by atoms with Crippen molar-refractivity contribution >= 4 is 33.4 Å². The first kappa shape index (κ1) is 20.5. The Kier molecular flexibility index (Phi) is 5.63. The van der Waals surface area contributed by atoms with E-state index < -0.39 is 11.2 Å². The Morgan fingerprint density at radius 1 is 1.19 bits per heavy atom. The van der Waals surface area contributed by atoms with Gasteiger partial charge in [-0.05, 0) is 42.5 Å². The maximum absolute atomic E-state index is 12.1. The molecule has 2 heterocycles. The quantitative estimate of drug-likeness (QED) is 0.382. The van der Waals surface area contributed by atoms with Crippen molar-refractivity contribution < 1.29 is 19.2 Å². The Morgan fingerprint density at radius 3 is 2.58 bits per heavy atom. The lowest BCUT2D eigenvalue weighted by molar-refractivity contribution is -0.385. The minimum atomic E-state index is -0.710. The molecular weight excluding hydrogens is 468 g/mol. The first-order valence-corrected chi connectivity index (χ1v) is 9.89. The van der Waals surface area contributed by atoms with Gasteiger partial charge in [-0.1, -0.05) is 22.0 Å². The van der Waals surface area contributed by atoms with Crippen LogP contribution in [-0.4, -0.2) is 26.7 Å². The molecule has 156 valence electrons. The number of hydrogen-bond acceptors (Lipinski definition) is 7. The number of aromatic nitrogens is 1. The third-order valence-corrected chi connectivity index (χ3v) is 4.85. The average molecular weight is 483 g/mol. The van der Waals surface area contributed by atoms with Crippen molar-refractivity contribution in [3.05, 3.63) is 92.6 Å². The van der Waals surface area contributed by atoms with E-state index in [9.17, 15) is 14.9 Å². The van der Waals surface area contributed by atoms with Crippen molar-refractivity contribution in [1.29, 1.82) is 0 Å². The molecule has 0 aliphatic carbocycles. The van der Waals surface area contributed by atoms with Gasteiger partial charge in [-0.15, -0.1) is 5.10 Å². The van der Waals surface area contributed by atoms with E-state index in [1.54, 1.807) is 24.3 Å². The van der Waals surface area contributed by atoms with Crippen molar-refractivity contribution in [3.63, 3.8) is 0 Å². The number of nitro groups is 1. The minimum absolute atomic E-state index is 0.119. The largest absolute Gasteiger partial charge is 0.446 e. The van der Waals surface area contributed by atoms with Gasteiger partial charge >= 0.3 is 0 Å². The molecule has 1 aliphatic heterocycles. The number of hydrazone groups is 1. The van der Waals surface area contributed by atoms with E-state index in [0.717, 1.165) is 16.2 Å². The molecule has 1 amide bonds. The van der Waals surface area contributed by atoms with E-state index in [4.69, 9.17) is 9.47 Å². The molecule has 31 heavy (non-hydrogen) atoms. The van der Waals surface area contributed by atoms with Crippen molar-refractivity contribution in [2.24, 2.45) is 5.10 Å². The van der Waals surface area contributed by atoms with Crippen LogP contribution in [0, 0.1) is 10.1 Å². The third-order valence-electron chi connectivity index (χ3n) is 4.36. The minimum Gasteiger partial charge on any atom is -0.446 e. The molecule has 0 radical (unpaired) electrons. The molecule has 9 nitrogen and oxygen atoms in total. The molecule has 10 heteroatoms. The first-order valence-electron chi connectivity index (χ1n) is 9.10. The van der Waals surface area contributed by atoms with Gasteiger partial charge in [-0.2, -0.15) is 5.01 Å². The number of rotatable bonds is 5. The number of nitrogens with zero attached hydrogens (tertiary/aromatic N) is 4. The molecule has 3 aromatic rings. The molecule has 0 unspecified atom stereocenters. The summed E-state index contributed by atoms with van der Waals surface area (Å²) in [7, 11) is 0. The lowest BCUT2D eigenvalue weighted by Gasteiger charge is -2.19. The summed E-state index contributed by atoms with van der Waals surface area (Å²) in [5, 5.41) is 16.3. The van der Waals surface area contributed by atoms with Gasteiger partial charge in [-0.25, -0.2) is 4.98 Å². The molecule has 0 bridgehead atoms. The molecule has 0 spiro atoms. The summed E-state index contributed by atoms with van der Waals surface area (Å²) in [6.07, 6.45) is 0.416. The zero-order valence-corrected chi connectivity index (χ0v) is 17.7. The summed E-state index contributed by atoms with van der Waals surface area (Å²) >= 11 is 3.42. The van der Waals surface area contributed by atoms with Crippen LogP contribution in [0.5, 0.6) is 11.6 Å². The summed E-state index contributed by atoms with van der Waals surface area (Å²) in [4.78, 5) is 26.2. The zero-order valence-electron chi connectivity index (χ0n) is 16.1. The summed E-state index contributed by atoms with van der Waals surface area (Å²) in [5.74, 6) is 0.786. The number of carbonyl (C=O) groups excluding carboxylic acids is 1. The number of hydrogen-bond donors (Lipinski definition) is 0. The number of pyridine rings is 1. The van der Waals surface area contributed by atoms with Crippen LogP contribution >= 0.6 is 15.9 Å². The van der Waals surface area contributed by atoms with Crippen LogP contribution in [0.3, 0.4) is 0 Å². The second-order valence-electron chi connectivity index (χ2n) is 6.53. The van der Waals surface area contributed by atoms with Gasteiger partial charge < -0.3 is 9.47 Å². The maximum Gasteiger partial charge on any atom is 0.287 e. The molecule has 0 fully saturated rings. The van der Waals surface area contributed by atoms with Crippen molar-refractivity contribution in [2.75, 3.05) is 0 Å². The van der Waals surface area contributed by atoms with Gasteiger partial charge in [0, 0.05) is 34.7 Å². The summed E-state index contributed by atoms with van der Waals surface area (Å²) in [6.45, 7) is 1.42. The monoisotopic (exact) mass is 482 g/mol. The number of halogens is 1. The molecule has 0 saturated heterocycles. The van der Waals surface area contributed by atoms with Crippen molar-refractivity contribution in [1.82, 2.24) is 9.99 Å². The van der Waals surface area contributed by atoms with E-state index in [-0.39, 0.29) is 17.5 Å². The first-order chi connectivity index (χ1) is 14.9. The molecular formula is C21H15BrN4O5. The van der Waals surface area contributed by atoms with Crippen LogP contribution in [0.2, 0.25) is 0 Å². The highest BCUT2D eigenvalue weighted by Crippen LogP contribution is 2.32. The lowest BCUT2D eigenvalue weighted by atomic mass is 10.2. The van der Waals surface area contributed by atoms with Crippen LogP contribution in [0.15, 0.2) is 76.4 Å². The lowest BCUT2D eigenvalue weighted by Crippen LogP contribution is -2.25. The molecule has 1 aliphatic rings. The van der Waals surface area contributed by atoms with Gasteiger partial charge in [-0.3, -0.25) is 14.9 Å². The maximum atomic E-state index is 12.1. The van der Waals surface area contributed by atoms with Gasteiger partial charge in [0.1, 0.15) is 11.9 Å². The fourth-order valence-electron chi connectivity index (χ4n) is 2.88. The van der Waals surface area contributed by atoms with E-state index in [1.807, 2.05) is 24.3 Å². The predicted octanol–water partition coefficient (Wildman–Crippen LogP) is 4.78. The summed E-state index contributed by atoms with van der Waals surface area (Å²) in [6, 6.07) is 17.1. The average Bonchev–Trinajstić information content (AvgIpc) is 3.21. The van der Waals surface area contributed by atoms with Crippen molar-refractivity contribution in [2.45, 2.75) is 13.2 Å². The highest BCUT2D eigenvalue weighted by Gasteiger charge is 2.33. The van der Waals surface area contributed by atoms with Gasteiger partial charge in [0.15, 0.2) is 0 Å². The second kappa shape index (κ2) is 8.52. The van der Waals surface area contributed by atoms with E-state index >= 15 is 0 Å². The number of ether oxygens (including phenoxy) is 2. The molecule has 2 aromatic carbocycles. The smallest absolute Gasteiger partial charge is 0.287 e. The Hall–Kier alpha value is -3.79. The van der Waals surface area contributed by atoms with E-state index in [1.165, 1.54) is 24.1 Å². The van der Waals surface area contributed by atoms with Gasteiger partial charge in [0.05, 0.1) is 4.92 Å². The second-order valence-corrected chi connectivity index (χ2v) is 7.45. The van der Waals surface area contributed by atoms with Crippen molar-refractivity contribution in [3.8, 4) is 11.6 Å². The summed E-state index contributed by atoms with van der Waals surface area (Å²) < 4.78 is 12.5. The zero-order chi connectivity index (χ0) is 22.0. The number of amides is 1. The van der Waals surface area contributed by atoms with Crippen LogP contribution in [0.1, 0.15) is 24.3 Å². The van der Waals surface area contributed by atoms with Crippen LogP contribution in [-0.2, 0) is 9.53 Å². The molecule has 1 aromatic heterocycles. The van der Waals surface area contributed by atoms with E-state index in [0.29, 0.717) is 17.2 Å². The Labute approximate surface area is 185 Å². The Bertz CT molecular complexity index is 1170. The fourth-order valence-corrected chi connectivity index (χ4v) is 3.28. The molecule has 1 atom stereocenters. The SMILES string of the molecule is CC(=O)N1N=C(c2cccc(Br)c2)O[C@H]1c1ccc(Oc2ccc([N+](=O)[O-])cn2)cc1. The molecule has 0 N–H and O–H groups in total. The van der Waals surface area contributed by atoms with Gasteiger partial charge in [0.2, 0.25) is 23.9 Å². The topological polar surface area (TPSA) is 107 Å². The highest BCUT2D eigenvalue weighted by molar-refractivity contribution is 9.10. The predicted molar refractivity (Wildman–Crippen MR) is 114 cm³/mol. The Balaban J connectivity index is 1.51. The Morgan fingerprint density at radius 2 is 1.97 bits per heavy atom. The molecule has 0 saturated carbocycles. The van der Waals surface area contributed by atoms with Crippen LogP contribution in [0.4, 0.5) is 5.69 Å². The number of benzene rings is 2. The van der Waals surface area contributed by atoms with E-state index in [2.05, 4.69) is 26.0 Å². The standard InChI is InChI=1S/C21H15BrN4O5/c1-13(27)25-21(31-20(24-25)15-3-2-4-16(22)11-15)14-5-8-18(9-6-14)30-19-10-7-17(12-23-19)26(28)29/h2-12,21H,1H3/t21-/m0/s1. The third kappa shape index (κ3) is 4.53. The summed E-state index contributed by atoms with van der Waals surface area (Å²) in [5.41, 5.74) is 1.33. The van der Waals surface area contributed by atoms with Gasteiger partial charge in [0.25, 0.3) is 5.69 Å². The van der Waals surface area contributed by atoms with Crippen LogP contribution in [0.25, 0.3) is 0 Å². The van der Waals surface area contributed by atoms with Crippen LogP contribution < -0.4 is 4.74 Å². The fraction of sp³-hybridized carbons (Fsp3) is 0.0952. The molecule has 4 rings (SSSR count). The number of carbonyl (C=O) groups is 1. The normalized spacial score (nSPS) is 15.2.